The lowest BCUT2D eigenvalue weighted by Crippen LogP contribution is -1.92. The first-order valence-corrected chi connectivity index (χ1v) is 3.91. The van der Waals surface area contributed by atoms with Crippen LogP contribution < -0.4 is 4.74 Å². The van der Waals surface area contributed by atoms with Gasteiger partial charge in [0.2, 0.25) is 11.8 Å². The van der Waals surface area contributed by atoms with Gasteiger partial charge in [0.25, 0.3) is 0 Å². The molecule has 0 radical (unpaired) electrons. The molecule has 3 heteroatoms. The lowest BCUT2D eigenvalue weighted by molar-refractivity contribution is 0.384. The smallest absolute Gasteiger partial charge is 0.218 e. The first kappa shape index (κ1) is 10.9. The van der Waals surface area contributed by atoms with Crippen molar-refractivity contribution in [2.24, 2.45) is 0 Å². The number of pyridine rings is 1. The first-order valence-electron chi connectivity index (χ1n) is 3.91. The molecule has 0 fully saturated rings. The minimum atomic E-state index is -0.512. The van der Waals surface area contributed by atoms with Crippen LogP contribution in [-0.4, -0.2) is 12.1 Å². The van der Waals surface area contributed by atoms with E-state index in [1.807, 2.05) is 20.8 Å². The normalized spacial score (nSPS) is 8.42. The molecular weight excluding hydrogens is 157 g/mol. The Hall–Kier alpha value is -1.12. The van der Waals surface area contributed by atoms with Gasteiger partial charge in [-0.05, 0) is 19.1 Å². The van der Waals surface area contributed by atoms with Crippen LogP contribution in [0.4, 0.5) is 4.39 Å². The Bertz CT molecular complexity index is 238. The van der Waals surface area contributed by atoms with E-state index in [-0.39, 0.29) is 0 Å². The van der Waals surface area contributed by atoms with E-state index in [1.54, 1.807) is 6.07 Å². The Morgan fingerprint density at radius 3 is 2.33 bits per heavy atom. The number of hydrogen-bond acceptors (Lipinski definition) is 2. The molecular formula is C9H14FNO. The molecule has 0 amide bonds. The molecule has 1 aromatic heterocycles. The molecule has 1 rings (SSSR count). The standard InChI is InChI=1S/C7H8FNO.C2H6/c1-5-3-4-6(8)9-7(5)10-2;1-2/h3-4H,1-2H3;1-2H3. The number of nitrogens with zero attached hydrogens (tertiary/aromatic N) is 1. The third-order valence-electron chi connectivity index (χ3n) is 1.21. The fraction of sp³-hybridized carbons (Fsp3) is 0.444. The van der Waals surface area contributed by atoms with Gasteiger partial charge in [0, 0.05) is 5.56 Å². The predicted molar refractivity (Wildman–Crippen MR) is 46.8 cm³/mol. The summed E-state index contributed by atoms with van der Waals surface area (Å²) in [5.74, 6) is -0.164. The number of rotatable bonds is 1. The van der Waals surface area contributed by atoms with Gasteiger partial charge in [-0.3, -0.25) is 0 Å². The molecule has 0 unspecified atom stereocenters. The highest BCUT2D eigenvalue weighted by molar-refractivity contribution is 5.23. The second-order valence-electron chi connectivity index (χ2n) is 1.96. The summed E-state index contributed by atoms with van der Waals surface area (Å²) in [4.78, 5) is 3.50. The van der Waals surface area contributed by atoms with Crippen molar-refractivity contribution in [3.8, 4) is 5.88 Å². The highest BCUT2D eigenvalue weighted by atomic mass is 19.1. The van der Waals surface area contributed by atoms with Crippen molar-refractivity contribution in [2.45, 2.75) is 20.8 Å². The average molecular weight is 171 g/mol. The van der Waals surface area contributed by atoms with Crippen LogP contribution in [-0.2, 0) is 0 Å². The van der Waals surface area contributed by atoms with E-state index in [2.05, 4.69) is 4.98 Å². The van der Waals surface area contributed by atoms with Gasteiger partial charge in [0.1, 0.15) is 0 Å². The van der Waals surface area contributed by atoms with E-state index in [1.165, 1.54) is 13.2 Å². The molecule has 0 bridgehead atoms. The summed E-state index contributed by atoms with van der Waals surface area (Å²) in [5, 5.41) is 0. The molecule has 0 aliphatic carbocycles. The van der Waals surface area contributed by atoms with Crippen LogP contribution in [0.2, 0.25) is 0 Å². The number of ether oxygens (including phenoxy) is 1. The quantitative estimate of drug-likeness (QED) is 0.606. The van der Waals surface area contributed by atoms with E-state index < -0.39 is 5.95 Å². The van der Waals surface area contributed by atoms with Crippen LogP contribution in [0, 0.1) is 12.9 Å². The summed E-state index contributed by atoms with van der Waals surface area (Å²) in [6.45, 7) is 5.81. The molecule has 1 aromatic rings. The van der Waals surface area contributed by atoms with E-state index in [0.29, 0.717) is 5.88 Å². The van der Waals surface area contributed by atoms with Gasteiger partial charge < -0.3 is 4.74 Å². The van der Waals surface area contributed by atoms with Gasteiger partial charge in [-0.25, -0.2) is 0 Å². The summed E-state index contributed by atoms with van der Waals surface area (Å²) < 4.78 is 17.1. The number of methoxy groups -OCH3 is 1. The van der Waals surface area contributed by atoms with Crippen molar-refractivity contribution in [1.82, 2.24) is 4.98 Å². The first-order chi connectivity index (χ1) is 5.74. The van der Waals surface area contributed by atoms with E-state index >= 15 is 0 Å². The van der Waals surface area contributed by atoms with Crippen molar-refractivity contribution < 1.29 is 9.13 Å². The Morgan fingerprint density at radius 2 is 1.92 bits per heavy atom. The largest absolute Gasteiger partial charge is 0.481 e. The maximum atomic E-state index is 12.3. The SMILES string of the molecule is CC.COc1nc(F)ccc1C. The van der Waals surface area contributed by atoms with Crippen LogP contribution in [0.1, 0.15) is 19.4 Å². The van der Waals surface area contributed by atoms with Gasteiger partial charge >= 0.3 is 0 Å². The van der Waals surface area contributed by atoms with Crippen LogP contribution in [0.5, 0.6) is 5.88 Å². The summed E-state index contributed by atoms with van der Waals surface area (Å²) >= 11 is 0. The van der Waals surface area contributed by atoms with Crippen molar-refractivity contribution in [2.75, 3.05) is 7.11 Å². The second-order valence-corrected chi connectivity index (χ2v) is 1.96. The van der Waals surface area contributed by atoms with Crippen LogP contribution >= 0.6 is 0 Å². The lowest BCUT2D eigenvalue weighted by atomic mass is 10.3. The Balaban J connectivity index is 0.000000561. The third-order valence-corrected chi connectivity index (χ3v) is 1.21. The van der Waals surface area contributed by atoms with E-state index in [9.17, 15) is 4.39 Å². The fourth-order valence-electron chi connectivity index (χ4n) is 0.694. The zero-order chi connectivity index (χ0) is 9.56. The zero-order valence-corrected chi connectivity index (χ0v) is 7.89. The molecule has 0 saturated carbocycles. The molecule has 2 nitrogen and oxygen atoms in total. The maximum Gasteiger partial charge on any atom is 0.218 e. The van der Waals surface area contributed by atoms with Gasteiger partial charge in [-0.2, -0.15) is 9.37 Å². The minimum Gasteiger partial charge on any atom is -0.481 e. The molecule has 0 saturated heterocycles. The molecule has 1 heterocycles. The van der Waals surface area contributed by atoms with Crippen LogP contribution in [0.15, 0.2) is 12.1 Å². The Labute approximate surface area is 72.4 Å². The number of aromatic nitrogens is 1. The summed E-state index contributed by atoms with van der Waals surface area (Å²) in [6, 6.07) is 2.93. The third kappa shape index (κ3) is 2.86. The number of aryl methyl sites for hydroxylation is 1. The van der Waals surface area contributed by atoms with Gasteiger partial charge in [0.15, 0.2) is 0 Å². The molecule has 0 aliphatic rings. The Morgan fingerprint density at radius 1 is 1.33 bits per heavy atom. The molecule has 68 valence electrons. The van der Waals surface area contributed by atoms with E-state index in [4.69, 9.17) is 4.74 Å². The summed E-state index contributed by atoms with van der Waals surface area (Å²) in [7, 11) is 1.47. The number of hydrogen-bond donors (Lipinski definition) is 0. The van der Waals surface area contributed by atoms with Crippen molar-refractivity contribution in [3.63, 3.8) is 0 Å². The van der Waals surface area contributed by atoms with Gasteiger partial charge in [-0.15, -0.1) is 0 Å². The fourth-order valence-corrected chi connectivity index (χ4v) is 0.694. The summed E-state index contributed by atoms with van der Waals surface area (Å²) in [6.07, 6.45) is 0. The van der Waals surface area contributed by atoms with Crippen molar-refractivity contribution >= 4 is 0 Å². The van der Waals surface area contributed by atoms with Gasteiger partial charge in [-0.1, -0.05) is 13.8 Å². The van der Waals surface area contributed by atoms with Crippen molar-refractivity contribution in [3.05, 3.63) is 23.6 Å². The lowest BCUT2D eigenvalue weighted by Gasteiger charge is -2.00. The van der Waals surface area contributed by atoms with Crippen LogP contribution in [0.25, 0.3) is 0 Å². The van der Waals surface area contributed by atoms with E-state index in [0.717, 1.165) is 5.56 Å². The average Bonchev–Trinajstić information content (AvgIpc) is 2.13. The van der Waals surface area contributed by atoms with Crippen molar-refractivity contribution in [1.29, 1.82) is 0 Å². The molecule has 0 atom stereocenters. The topological polar surface area (TPSA) is 22.1 Å². The minimum absolute atomic E-state index is 0.347. The molecule has 0 aliphatic heterocycles. The number of halogens is 1. The molecule has 0 aromatic carbocycles. The molecule has 12 heavy (non-hydrogen) atoms. The highest BCUT2D eigenvalue weighted by Crippen LogP contribution is 2.12. The molecule has 0 N–H and O–H groups in total. The zero-order valence-electron chi connectivity index (χ0n) is 7.89. The van der Waals surface area contributed by atoms with Gasteiger partial charge in [0.05, 0.1) is 7.11 Å². The van der Waals surface area contributed by atoms with Crippen LogP contribution in [0.3, 0.4) is 0 Å². The molecule has 0 spiro atoms. The highest BCUT2D eigenvalue weighted by Gasteiger charge is 1.99. The monoisotopic (exact) mass is 171 g/mol. The summed E-state index contributed by atoms with van der Waals surface area (Å²) in [5.41, 5.74) is 0.837. The Kier molecular flexibility index (Phi) is 5.00. The maximum absolute atomic E-state index is 12.3. The predicted octanol–water partition coefficient (Wildman–Crippen LogP) is 2.56. The second kappa shape index (κ2) is 5.52.